The third-order valence-corrected chi connectivity index (χ3v) is 4.50. The van der Waals surface area contributed by atoms with Crippen molar-refractivity contribution in [3.8, 4) is 0 Å². The van der Waals surface area contributed by atoms with E-state index in [1.54, 1.807) is 11.8 Å². The van der Waals surface area contributed by atoms with Crippen molar-refractivity contribution in [3.05, 3.63) is 30.1 Å². The molecule has 0 aliphatic heterocycles. The van der Waals surface area contributed by atoms with Gasteiger partial charge in [-0.25, -0.2) is 4.39 Å². The molecule has 8 heteroatoms. The highest BCUT2D eigenvalue weighted by Gasteiger charge is 2.19. The highest BCUT2D eigenvalue weighted by Crippen LogP contribution is 2.14. The second-order valence-corrected chi connectivity index (χ2v) is 6.51. The molecule has 0 spiro atoms. The van der Waals surface area contributed by atoms with Gasteiger partial charge in [-0.05, 0) is 45.0 Å². The molecule has 0 saturated carbocycles. The van der Waals surface area contributed by atoms with Crippen LogP contribution in [0.15, 0.2) is 24.3 Å². The van der Waals surface area contributed by atoms with Gasteiger partial charge in [-0.2, -0.15) is 0 Å². The Balaban J connectivity index is 2.33. The van der Waals surface area contributed by atoms with Gasteiger partial charge in [-0.1, -0.05) is 0 Å². The van der Waals surface area contributed by atoms with E-state index in [2.05, 4.69) is 5.32 Å². The summed E-state index contributed by atoms with van der Waals surface area (Å²) in [5, 5.41) is 2.02. The number of rotatable bonds is 9. The molecule has 0 radical (unpaired) electrons. The Morgan fingerprint density at radius 3 is 2.36 bits per heavy atom. The van der Waals surface area contributed by atoms with Gasteiger partial charge >= 0.3 is 5.97 Å². The Morgan fingerprint density at radius 2 is 1.80 bits per heavy atom. The van der Waals surface area contributed by atoms with Crippen LogP contribution in [0.1, 0.15) is 20.8 Å². The number of anilines is 1. The first-order chi connectivity index (χ1) is 11.9. The molecule has 1 aromatic rings. The van der Waals surface area contributed by atoms with Crippen LogP contribution in [-0.2, 0) is 19.1 Å². The van der Waals surface area contributed by atoms with E-state index < -0.39 is 11.2 Å². The monoisotopic (exact) mass is 370 g/mol. The van der Waals surface area contributed by atoms with Gasteiger partial charge in [-0.3, -0.25) is 14.4 Å². The van der Waals surface area contributed by atoms with Crippen molar-refractivity contribution in [3.63, 3.8) is 0 Å². The van der Waals surface area contributed by atoms with Gasteiger partial charge in [-0.15, -0.1) is 11.8 Å². The van der Waals surface area contributed by atoms with Crippen molar-refractivity contribution in [1.82, 2.24) is 4.90 Å². The predicted octanol–water partition coefficient (Wildman–Crippen LogP) is 2.30. The SMILES string of the molecule is CCN(CC)C(=O)COC(=O)C(C)SCC(=O)Nc1ccc(F)cc1. The summed E-state index contributed by atoms with van der Waals surface area (Å²) in [7, 11) is 0. The number of ether oxygens (including phenoxy) is 1. The minimum Gasteiger partial charge on any atom is -0.455 e. The lowest BCUT2D eigenvalue weighted by Crippen LogP contribution is -2.35. The van der Waals surface area contributed by atoms with Gasteiger partial charge in [0.2, 0.25) is 5.91 Å². The van der Waals surface area contributed by atoms with E-state index in [4.69, 9.17) is 4.74 Å². The summed E-state index contributed by atoms with van der Waals surface area (Å²) in [6.07, 6.45) is 0. The first-order valence-corrected chi connectivity index (χ1v) is 9.03. The Hall–Kier alpha value is -2.09. The average Bonchev–Trinajstić information content (AvgIpc) is 2.60. The summed E-state index contributed by atoms with van der Waals surface area (Å²) >= 11 is 1.10. The zero-order valence-electron chi connectivity index (χ0n) is 14.6. The van der Waals surface area contributed by atoms with Gasteiger partial charge in [0.25, 0.3) is 5.91 Å². The number of carbonyl (C=O) groups excluding carboxylic acids is 3. The van der Waals surface area contributed by atoms with E-state index in [0.29, 0.717) is 18.8 Å². The predicted molar refractivity (Wildman–Crippen MR) is 95.8 cm³/mol. The maximum Gasteiger partial charge on any atom is 0.319 e. The number of esters is 1. The third kappa shape index (κ3) is 7.55. The topological polar surface area (TPSA) is 75.7 Å². The summed E-state index contributed by atoms with van der Waals surface area (Å²) in [4.78, 5) is 37.0. The summed E-state index contributed by atoms with van der Waals surface area (Å²) in [6, 6.07) is 5.40. The molecule has 138 valence electrons. The summed E-state index contributed by atoms with van der Waals surface area (Å²) < 4.78 is 17.8. The molecule has 1 atom stereocenters. The van der Waals surface area contributed by atoms with Crippen LogP contribution in [0.2, 0.25) is 0 Å². The number of hydrogen-bond acceptors (Lipinski definition) is 5. The zero-order valence-corrected chi connectivity index (χ0v) is 15.4. The maximum atomic E-state index is 12.8. The Labute approximate surface area is 151 Å². The standard InChI is InChI=1S/C17H23FN2O4S/c1-4-20(5-2)16(22)10-24-17(23)12(3)25-11-15(21)19-14-8-6-13(18)7-9-14/h6-9,12H,4-5,10-11H2,1-3H3,(H,19,21). The van der Waals surface area contributed by atoms with Crippen LogP contribution in [0, 0.1) is 5.82 Å². The molecule has 0 saturated heterocycles. The van der Waals surface area contributed by atoms with Gasteiger partial charge in [0, 0.05) is 18.8 Å². The molecule has 0 fully saturated rings. The first kappa shape index (κ1) is 21.0. The van der Waals surface area contributed by atoms with E-state index in [-0.39, 0.29) is 30.0 Å². The fraction of sp³-hybridized carbons (Fsp3) is 0.471. The van der Waals surface area contributed by atoms with Crippen molar-refractivity contribution >= 4 is 35.2 Å². The number of amides is 2. The van der Waals surface area contributed by atoms with Gasteiger partial charge in [0.1, 0.15) is 11.1 Å². The largest absolute Gasteiger partial charge is 0.455 e. The minimum atomic E-state index is -0.580. The Morgan fingerprint density at radius 1 is 1.20 bits per heavy atom. The third-order valence-electron chi connectivity index (χ3n) is 3.38. The van der Waals surface area contributed by atoms with E-state index in [9.17, 15) is 18.8 Å². The lowest BCUT2D eigenvalue weighted by molar-refractivity contribution is -0.151. The number of hydrogen-bond donors (Lipinski definition) is 1. The number of nitrogens with one attached hydrogen (secondary N) is 1. The number of benzene rings is 1. The van der Waals surface area contributed by atoms with Gasteiger partial charge in [0.15, 0.2) is 6.61 Å². The van der Waals surface area contributed by atoms with Crippen LogP contribution in [0.3, 0.4) is 0 Å². The van der Waals surface area contributed by atoms with Crippen molar-refractivity contribution in [2.24, 2.45) is 0 Å². The second kappa shape index (κ2) is 10.7. The molecule has 0 aliphatic carbocycles. The van der Waals surface area contributed by atoms with Crippen molar-refractivity contribution in [1.29, 1.82) is 0 Å². The van der Waals surface area contributed by atoms with Crippen LogP contribution >= 0.6 is 11.8 Å². The molecule has 25 heavy (non-hydrogen) atoms. The smallest absolute Gasteiger partial charge is 0.319 e. The number of likely N-dealkylation sites (N-methyl/N-ethyl adjacent to an activating group) is 1. The van der Waals surface area contributed by atoms with Gasteiger partial charge < -0.3 is 15.0 Å². The van der Waals surface area contributed by atoms with Crippen molar-refractivity contribution < 1.29 is 23.5 Å². The molecule has 0 heterocycles. The molecule has 1 rings (SSSR count). The quantitative estimate of drug-likeness (QED) is 0.675. The molecular formula is C17H23FN2O4S. The average molecular weight is 370 g/mol. The highest BCUT2D eigenvalue weighted by atomic mass is 32.2. The number of nitrogens with zero attached hydrogens (tertiary/aromatic N) is 1. The zero-order chi connectivity index (χ0) is 18.8. The molecule has 2 amide bonds. The van der Waals surface area contributed by atoms with Crippen molar-refractivity contribution in [2.45, 2.75) is 26.0 Å². The molecule has 0 aliphatic rings. The van der Waals surface area contributed by atoms with Gasteiger partial charge in [0.05, 0.1) is 5.75 Å². The molecule has 1 unspecified atom stereocenters. The van der Waals surface area contributed by atoms with E-state index in [1.165, 1.54) is 24.3 Å². The van der Waals surface area contributed by atoms with Crippen LogP contribution in [0.25, 0.3) is 0 Å². The van der Waals surface area contributed by atoms with E-state index in [1.807, 2.05) is 13.8 Å². The molecule has 0 bridgehead atoms. The minimum absolute atomic E-state index is 0.0393. The Kier molecular flexibility index (Phi) is 8.98. The highest BCUT2D eigenvalue weighted by molar-refractivity contribution is 8.01. The molecule has 0 aromatic heterocycles. The molecule has 1 N–H and O–H groups in total. The maximum absolute atomic E-state index is 12.8. The fourth-order valence-corrected chi connectivity index (χ4v) is 2.59. The molecule has 6 nitrogen and oxygen atoms in total. The summed E-state index contributed by atoms with van der Waals surface area (Å²) in [5.74, 6) is -1.44. The fourth-order valence-electron chi connectivity index (χ4n) is 1.92. The van der Waals surface area contributed by atoms with Crippen LogP contribution in [0.5, 0.6) is 0 Å². The number of thioether (sulfide) groups is 1. The summed E-state index contributed by atoms with van der Waals surface area (Å²) in [5.41, 5.74) is 0.479. The molecule has 1 aromatic carbocycles. The van der Waals surface area contributed by atoms with Crippen LogP contribution in [0.4, 0.5) is 10.1 Å². The number of carbonyl (C=O) groups is 3. The van der Waals surface area contributed by atoms with Crippen LogP contribution < -0.4 is 5.32 Å². The van der Waals surface area contributed by atoms with E-state index >= 15 is 0 Å². The molecular weight excluding hydrogens is 347 g/mol. The van der Waals surface area contributed by atoms with Crippen LogP contribution in [-0.4, -0.2) is 53.4 Å². The second-order valence-electron chi connectivity index (χ2n) is 5.18. The lowest BCUT2D eigenvalue weighted by atomic mass is 10.3. The lowest BCUT2D eigenvalue weighted by Gasteiger charge is -2.19. The Bertz CT molecular complexity index is 591. The summed E-state index contributed by atoms with van der Waals surface area (Å²) in [6.45, 7) is 6.12. The number of halogens is 1. The first-order valence-electron chi connectivity index (χ1n) is 7.98. The van der Waals surface area contributed by atoms with E-state index in [0.717, 1.165) is 11.8 Å². The van der Waals surface area contributed by atoms with Crippen molar-refractivity contribution in [2.75, 3.05) is 30.8 Å². The normalized spacial score (nSPS) is 11.5.